The van der Waals surface area contributed by atoms with Gasteiger partial charge in [0.1, 0.15) is 5.75 Å². The first kappa shape index (κ1) is 21.4. The molecule has 2 amide bonds. The van der Waals surface area contributed by atoms with Gasteiger partial charge in [-0.2, -0.15) is 0 Å². The quantitative estimate of drug-likeness (QED) is 0.441. The fourth-order valence-electron chi connectivity index (χ4n) is 1.98. The van der Waals surface area contributed by atoms with E-state index >= 15 is 0 Å². The van der Waals surface area contributed by atoms with Crippen LogP contribution >= 0.6 is 11.6 Å². The third-order valence-electron chi connectivity index (χ3n) is 3.36. The SMILES string of the molecule is C=CCNS(=O)(=O)c1ccc(C(=O)NNC(=O)COc2ccccc2Cl)cc1. The molecule has 0 unspecified atom stereocenters. The van der Waals surface area contributed by atoms with Gasteiger partial charge in [0.2, 0.25) is 10.0 Å². The van der Waals surface area contributed by atoms with Gasteiger partial charge in [0.05, 0.1) is 9.92 Å². The fourth-order valence-corrected chi connectivity index (χ4v) is 3.17. The Balaban J connectivity index is 1.86. The van der Waals surface area contributed by atoms with Crippen molar-refractivity contribution in [1.82, 2.24) is 15.6 Å². The van der Waals surface area contributed by atoms with Crippen molar-refractivity contribution in [3.05, 3.63) is 71.8 Å². The highest BCUT2D eigenvalue weighted by Gasteiger charge is 2.14. The number of halogens is 1. The summed E-state index contributed by atoms with van der Waals surface area (Å²) in [6.07, 6.45) is 1.41. The Kier molecular flexibility index (Phi) is 7.56. The third-order valence-corrected chi connectivity index (χ3v) is 5.11. The molecule has 3 N–H and O–H groups in total. The number of ether oxygens (including phenoxy) is 1. The normalized spacial score (nSPS) is 10.8. The average molecular weight is 424 g/mol. The van der Waals surface area contributed by atoms with Gasteiger partial charge in [-0.15, -0.1) is 6.58 Å². The molecular formula is C18H18ClN3O5S. The number of hydrazine groups is 1. The van der Waals surface area contributed by atoms with Crippen molar-refractivity contribution < 1.29 is 22.7 Å². The van der Waals surface area contributed by atoms with E-state index in [2.05, 4.69) is 22.2 Å². The van der Waals surface area contributed by atoms with E-state index in [1.54, 1.807) is 24.3 Å². The Morgan fingerprint density at radius 2 is 1.75 bits per heavy atom. The third kappa shape index (κ3) is 6.08. The van der Waals surface area contributed by atoms with Gasteiger partial charge >= 0.3 is 0 Å². The predicted octanol–water partition coefficient (Wildman–Crippen LogP) is 1.64. The van der Waals surface area contributed by atoms with Crippen LogP contribution in [0.5, 0.6) is 5.75 Å². The Labute approximate surface area is 167 Å². The van der Waals surface area contributed by atoms with E-state index in [0.29, 0.717) is 10.8 Å². The minimum Gasteiger partial charge on any atom is -0.482 e. The van der Waals surface area contributed by atoms with Crippen LogP contribution in [0.2, 0.25) is 5.02 Å². The maximum Gasteiger partial charge on any atom is 0.276 e. The van der Waals surface area contributed by atoms with Gasteiger partial charge in [-0.1, -0.05) is 29.8 Å². The molecule has 0 heterocycles. The molecule has 0 aliphatic carbocycles. The summed E-state index contributed by atoms with van der Waals surface area (Å²) in [5.74, 6) is -0.873. The lowest BCUT2D eigenvalue weighted by atomic mass is 10.2. The van der Waals surface area contributed by atoms with Crippen LogP contribution < -0.4 is 20.3 Å². The molecule has 2 aromatic carbocycles. The van der Waals surface area contributed by atoms with Crippen LogP contribution in [0.3, 0.4) is 0 Å². The van der Waals surface area contributed by atoms with Crippen molar-refractivity contribution in [2.24, 2.45) is 0 Å². The minimum atomic E-state index is -3.68. The summed E-state index contributed by atoms with van der Waals surface area (Å²) in [7, 11) is -3.68. The number of rotatable bonds is 8. The number of hydrogen-bond donors (Lipinski definition) is 3. The molecule has 0 aromatic heterocycles. The van der Waals surface area contributed by atoms with Crippen molar-refractivity contribution >= 4 is 33.4 Å². The number of carbonyl (C=O) groups is 2. The van der Waals surface area contributed by atoms with E-state index in [1.807, 2.05) is 0 Å². The number of para-hydroxylation sites is 1. The standard InChI is InChI=1S/C18H18ClN3O5S/c1-2-11-20-28(25,26)14-9-7-13(8-10-14)18(24)22-21-17(23)12-27-16-6-4-3-5-15(16)19/h2-10,20H,1,11-12H2,(H,21,23)(H,22,24). The molecule has 0 bridgehead atoms. The molecule has 28 heavy (non-hydrogen) atoms. The van der Waals surface area contributed by atoms with E-state index in [4.69, 9.17) is 16.3 Å². The fraction of sp³-hybridized carbons (Fsp3) is 0.111. The van der Waals surface area contributed by atoms with E-state index < -0.39 is 21.8 Å². The van der Waals surface area contributed by atoms with Crippen molar-refractivity contribution in [1.29, 1.82) is 0 Å². The molecule has 148 valence electrons. The van der Waals surface area contributed by atoms with Crippen LogP contribution in [-0.2, 0) is 14.8 Å². The highest BCUT2D eigenvalue weighted by atomic mass is 35.5. The first-order valence-corrected chi connectivity index (χ1v) is 9.87. The van der Waals surface area contributed by atoms with Gasteiger partial charge in [-0.3, -0.25) is 20.4 Å². The molecule has 2 rings (SSSR count). The van der Waals surface area contributed by atoms with Gasteiger partial charge < -0.3 is 4.74 Å². The zero-order valence-electron chi connectivity index (χ0n) is 14.6. The molecule has 0 saturated carbocycles. The monoisotopic (exact) mass is 423 g/mol. The summed E-state index contributed by atoms with van der Waals surface area (Å²) in [4.78, 5) is 23.8. The van der Waals surface area contributed by atoms with Crippen molar-refractivity contribution in [3.63, 3.8) is 0 Å². The lowest BCUT2D eigenvalue weighted by Crippen LogP contribution is -2.43. The van der Waals surface area contributed by atoms with Gasteiger partial charge in [0.15, 0.2) is 6.61 Å². The van der Waals surface area contributed by atoms with Gasteiger partial charge in [0, 0.05) is 12.1 Å². The van der Waals surface area contributed by atoms with E-state index in [-0.39, 0.29) is 23.6 Å². The molecular weight excluding hydrogens is 406 g/mol. The largest absolute Gasteiger partial charge is 0.482 e. The van der Waals surface area contributed by atoms with Crippen LogP contribution in [0.25, 0.3) is 0 Å². The van der Waals surface area contributed by atoms with E-state index in [0.717, 1.165) is 0 Å². The van der Waals surface area contributed by atoms with Crippen LogP contribution in [0.1, 0.15) is 10.4 Å². The second-order valence-corrected chi connectivity index (χ2v) is 7.56. The van der Waals surface area contributed by atoms with Crippen LogP contribution in [-0.4, -0.2) is 33.4 Å². The molecule has 2 aromatic rings. The first-order valence-electron chi connectivity index (χ1n) is 8.00. The van der Waals surface area contributed by atoms with E-state index in [1.165, 1.54) is 30.3 Å². The Bertz CT molecular complexity index is 961. The summed E-state index contributed by atoms with van der Waals surface area (Å²) in [6, 6.07) is 11.9. The average Bonchev–Trinajstić information content (AvgIpc) is 2.70. The minimum absolute atomic E-state index is 0.00285. The number of nitrogens with one attached hydrogen (secondary N) is 3. The topological polar surface area (TPSA) is 114 Å². The Hall–Kier alpha value is -2.88. The highest BCUT2D eigenvalue weighted by molar-refractivity contribution is 7.89. The lowest BCUT2D eigenvalue weighted by molar-refractivity contribution is -0.123. The van der Waals surface area contributed by atoms with Crippen molar-refractivity contribution in [3.8, 4) is 5.75 Å². The molecule has 10 heteroatoms. The molecule has 0 fully saturated rings. The number of hydrogen-bond acceptors (Lipinski definition) is 5. The maximum atomic E-state index is 12.0. The maximum absolute atomic E-state index is 12.0. The number of benzene rings is 2. The summed E-state index contributed by atoms with van der Waals surface area (Å²) < 4.78 is 31.5. The first-order chi connectivity index (χ1) is 13.3. The summed E-state index contributed by atoms with van der Waals surface area (Å²) in [5, 5.41) is 0.358. The Morgan fingerprint density at radius 3 is 2.39 bits per heavy atom. The smallest absolute Gasteiger partial charge is 0.276 e. The second-order valence-electron chi connectivity index (χ2n) is 5.39. The number of amides is 2. The summed E-state index contributed by atoms with van der Waals surface area (Å²) in [5.41, 5.74) is 4.57. The molecule has 0 atom stereocenters. The molecule has 8 nitrogen and oxygen atoms in total. The summed E-state index contributed by atoms with van der Waals surface area (Å²) >= 11 is 5.91. The second kappa shape index (κ2) is 9.88. The van der Waals surface area contributed by atoms with Gasteiger partial charge in [0.25, 0.3) is 11.8 Å². The zero-order chi connectivity index (χ0) is 20.6. The van der Waals surface area contributed by atoms with Crippen molar-refractivity contribution in [2.75, 3.05) is 13.2 Å². The van der Waals surface area contributed by atoms with Gasteiger partial charge in [-0.25, -0.2) is 13.1 Å². The highest BCUT2D eigenvalue weighted by Crippen LogP contribution is 2.22. The molecule has 0 aliphatic rings. The zero-order valence-corrected chi connectivity index (χ0v) is 16.2. The van der Waals surface area contributed by atoms with Crippen molar-refractivity contribution in [2.45, 2.75) is 4.90 Å². The number of carbonyl (C=O) groups excluding carboxylic acids is 2. The molecule has 0 radical (unpaired) electrons. The number of sulfonamides is 1. The Morgan fingerprint density at radius 1 is 1.07 bits per heavy atom. The van der Waals surface area contributed by atoms with E-state index in [9.17, 15) is 18.0 Å². The van der Waals surface area contributed by atoms with Gasteiger partial charge in [-0.05, 0) is 36.4 Å². The predicted molar refractivity (Wildman–Crippen MR) is 104 cm³/mol. The van der Waals surface area contributed by atoms with Crippen LogP contribution in [0.4, 0.5) is 0 Å². The lowest BCUT2D eigenvalue weighted by Gasteiger charge is -2.10. The molecule has 0 spiro atoms. The summed E-state index contributed by atoms with van der Waals surface area (Å²) in [6.45, 7) is 3.17. The molecule has 0 aliphatic heterocycles. The molecule has 0 saturated heterocycles. The van der Waals surface area contributed by atoms with Crippen LogP contribution in [0.15, 0.2) is 66.1 Å². The van der Waals surface area contributed by atoms with Crippen LogP contribution in [0, 0.1) is 0 Å².